The highest BCUT2D eigenvalue weighted by Gasteiger charge is 2.11. The van der Waals surface area contributed by atoms with Gasteiger partial charge in [0.25, 0.3) is 5.03 Å². The van der Waals surface area contributed by atoms with E-state index in [0.717, 1.165) is 10.4 Å². The van der Waals surface area contributed by atoms with Gasteiger partial charge in [0.2, 0.25) is 5.76 Å². The van der Waals surface area contributed by atoms with Crippen molar-refractivity contribution in [3.63, 3.8) is 0 Å². The van der Waals surface area contributed by atoms with E-state index >= 15 is 0 Å². The van der Waals surface area contributed by atoms with Crippen molar-refractivity contribution >= 4 is 11.8 Å². The van der Waals surface area contributed by atoms with Crippen LogP contribution in [-0.2, 0) is 5.75 Å². The first-order valence-electron chi connectivity index (χ1n) is 5.63. The predicted molar refractivity (Wildman–Crippen MR) is 69.2 cm³/mol. The first-order valence-corrected chi connectivity index (χ1v) is 6.62. The summed E-state index contributed by atoms with van der Waals surface area (Å²) in [5, 5.41) is 16.0. The first kappa shape index (κ1) is 11.9. The molecule has 0 aliphatic rings. The van der Waals surface area contributed by atoms with Gasteiger partial charge in [-0.25, -0.2) is 0 Å². The van der Waals surface area contributed by atoms with E-state index in [1.165, 1.54) is 18.0 Å². The van der Waals surface area contributed by atoms with Crippen LogP contribution in [0.3, 0.4) is 0 Å². The second kappa shape index (κ2) is 5.19. The molecule has 3 aromatic heterocycles. The molecule has 0 atom stereocenters. The lowest BCUT2D eigenvalue weighted by atomic mass is 10.3. The van der Waals surface area contributed by atoms with Crippen molar-refractivity contribution in [3.05, 3.63) is 59.8 Å². The van der Waals surface area contributed by atoms with E-state index in [4.69, 9.17) is 8.94 Å². The molecule has 0 aliphatic heterocycles. The molecule has 0 unspecified atom stereocenters. The predicted octanol–water partition coefficient (Wildman–Crippen LogP) is 2.86. The number of thioether (sulfide) groups is 1. The first-order chi connectivity index (χ1) is 9.33. The van der Waals surface area contributed by atoms with E-state index in [-0.39, 0.29) is 0 Å². The van der Waals surface area contributed by atoms with Crippen molar-refractivity contribution < 1.29 is 13.7 Å². The van der Waals surface area contributed by atoms with E-state index in [0.29, 0.717) is 22.3 Å². The monoisotopic (exact) mass is 274 g/mol. The molecule has 19 heavy (non-hydrogen) atoms. The highest BCUT2D eigenvalue weighted by Crippen LogP contribution is 2.24. The van der Waals surface area contributed by atoms with Crippen molar-refractivity contribution in [2.75, 3.05) is 0 Å². The molecular formula is C13H10N2O3S. The summed E-state index contributed by atoms with van der Waals surface area (Å²) in [6.45, 7) is 0. The number of hydrogen-bond donors (Lipinski definition) is 0. The molecule has 0 amide bonds. The average Bonchev–Trinajstić information content (AvgIpc) is 3.09. The lowest BCUT2D eigenvalue weighted by Gasteiger charge is -2.00. The smallest absolute Gasteiger partial charge is 0.251 e. The van der Waals surface area contributed by atoms with Gasteiger partial charge in [0.15, 0.2) is 12.0 Å². The second-order valence-electron chi connectivity index (χ2n) is 3.81. The zero-order valence-corrected chi connectivity index (χ0v) is 10.7. The largest absolute Gasteiger partial charge is 0.618 e. The van der Waals surface area contributed by atoms with E-state index < -0.39 is 0 Å². The van der Waals surface area contributed by atoms with Crippen LogP contribution in [0, 0.1) is 5.21 Å². The van der Waals surface area contributed by atoms with Crippen molar-refractivity contribution in [3.8, 4) is 11.5 Å². The molecular weight excluding hydrogens is 264 g/mol. The van der Waals surface area contributed by atoms with Crippen molar-refractivity contribution in [1.82, 2.24) is 5.16 Å². The maximum absolute atomic E-state index is 11.5. The Labute approximate surface area is 113 Å². The Morgan fingerprint density at radius 3 is 2.95 bits per heavy atom. The third-order valence-electron chi connectivity index (χ3n) is 2.48. The molecule has 0 saturated carbocycles. The van der Waals surface area contributed by atoms with E-state index in [1.807, 2.05) is 12.1 Å². The zero-order chi connectivity index (χ0) is 13.1. The van der Waals surface area contributed by atoms with Crippen molar-refractivity contribution in [2.45, 2.75) is 10.8 Å². The molecule has 3 rings (SSSR count). The molecule has 0 spiro atoms. The van der Waals surface area contributed by atoms with Gasteiger partial charge in [0.1, 0.15) is 0 Å². The van der Waals surface area contributed by atoms with Gasteiger partial charge in [0, 0.05) is 24.0 Å². The highest BCUT2D eigenvalue weighted by molar-refractivity contribution is 7.98. The molecule has 3 heterocycles. The van der Waals surface area contributed by atoms with Gasteiger partial charge < -0.3 is 14.1 Å². The SMILES string of the molecule is [O-][n+]1ccccc1SCc1cc(-c2ccco2)on1. The third kappa shape index (κ3) is 2.63. The fourth-order valence-corrected chi connectivity index (χ4v) is 2.38. The van der Waals surface area contributed by atoms with Crippen LogP contribution in [-0.4, -0.2) is 5.16 Å². The molecule has 0 aliphatic carbocycles. The van der Waals surface area contributed by atoms with Gasteiger partial charge in [-0.15, -0.1) is 0 Å². The van der Waals surface area contributed by atoms with Crippen LogP contribution in [0.4, 0.5) is 0 Å². The molecule has 0 radical (unpaired) electrons. The molecule has 0 bridgehead atoms. The summed E-state index contributed by atoms with van der Waals surface area (Å²) in [5.41, 5.74) is 0.764. The molecule has 3 aromatic rings. The topological polar surface area (TPSA) is 66.1 Å². The Morgan fingerprint density at radius 1 is 1.21 bits per heavy atom. The molecule has 0 fully saturated rings. The summed E-state index contributed by atoms with van der Waals surface area (Å²) in [6, 6.07) is 10.7. The minimum Gasteiger partial charge on any atom is -0.618 e. The van der Waals surface area contributed by atoms with Crippen LogP contribution in [0.1, 0.15) is 5.69 Å². The Balaban J connectivity index is 1.70. The minimum atomic E-state index is 0.566. The van der Waals surface area contributed by atoms with E-state index in [2.05, 4.69) is 5.16 Å². The van der Waals surface area contributed by atoms with Crippen LogP contribution in [0.25, 0.3) is 11.5 Å². The molecule has 0 aromatic carbocycles. The standard InChI is InChI=1S/C13H10N2O3S/c16-15-6-2-1-5-13(15)19-9-10-8-12(18-14-10)11-4-3-7-17-11/h1-8H,9H2. The quantitative estimate of drug-likeness (QED) is 0.416. The van der Waals surface area contributed by atoms with Gasteiger partial charge in [-0.05, 0) is 30.0 Å². The lowest BCUT2D eigenvalue weighted by molar-refractivity contribution is -0.645. The summed E-state index contributed by atoms with van der Waals surface area (Å²) < 4.78 is 11.2. The molecule has 0 N–H and O–H groups in total. The number of hydrogen-bond acceptors (Lipinski definition) is 5. The Hall–Kier alpha value is -2.21. The Bertz CT molecular complexity index is 664. The zero-order valence-electron chi connectivity index (χ0n) is 9.85. The summed E-state index contributed by atoms with van der Waals surface area (Å²) >= 11 is 1.41. The maximum atomic E-state index is 11.5. The Morgan fingerprint density at radius 2 is 2.16 bits per heavy atom. The minimum absolute atomic E-state index is 0.566. The van der Waals surface area contributed by atoms with Gasteiger partial charge in [-0.1, -0.05) is 5.16 Å². The normalized spacial score (nSPS) is 10.7. The van der Waals surface area contributed by atoms with Gasteiger partial charge in [-0.2, -0.15) is 4.73 Å². The van der Waals surface area contributed by atoms with Crippen LogP contribution in [0.15, 0.2) is 62.8 Å². The van der Waals surface area contributed by atoms with Gasteiger partial charge in [-0.3, -0.25) is 0 Å². The number of rotatable bonds is 4. The number of aromatic nitrogens is 2. The van der Waals surface area contributed by atoms with Crippen LogP contribution in [0.5, 0.6) is 0 Å². The molecule has 0 saturated heterocycles. The maximum Gasteiger partial charge on any atom is 0.251 e. The van der Waals surface area contributed by atoms with Crippen LogP contribution >= 0.6 is 11.8 Å². The van der Waals surface area contributed by atoms with Gasteiger partial charge >= 0.3 is 0 Å². The Kier molecular flexibility index (Phi) is 3.24. The summed E-state index contributed by atoms with van der Waals surface area (Å²) in [5.74, 6) is 1.79. The summed E-state index contributed by atoms with van der Waals surface area (Å²) in [7, 11) is 0. The fraction of sp³-hybridized carbons (Fsp3) is 0.0769. The van der Waals surface area contributed by atoms with Gasteiger partial charge in [0.05, 0.1) is 12.0 Å². The van der Waals surface area contributed by atoms with E-state index in [9.17, 15) is 5.21 Å². The van der Waals surface area contributed by atoms with Crippen LogP contribution in [0.2, 0.25) is 0 Å². The average molecular weight is 274 g/mol. The summed E-state index contributed by atoms with van der Waals surface area (Å²) in [6.07, 6.45) is 3.05. The van der Waals surface area contributed by atoms with Crippen molar-refractivity contribution in [1.29, 1.82) is 0 Å². The number of nitrogens with zero attached hydrogens (tertiary/aromatic N) is 2. The number of pyridine rings is 1. The molecule has 6 heteroatoms. The van der Waals surface area contributed by atoms with Crippen molar-refractivity contribution in [2.24, 2.45) is 0 Å². The van der Waals surface area contributed by atoms with E-state index in [1.54, 1.807) is 30.5 Å². The lowest BCUT2D eigenvalue weighted by Crippen LogP contribution is -2.27. The fourth-order valence-electron chi connectivity index (χ4n) is 1.59. The highest BCUT2D eigenvalue weighted by atomic mass is 32.2. The molecule has 5 nitrogen and oxygen atoms in total. The molecule has 96 valence electrons. The second-order valence-corrected chi connectivity index (χ2v) is 4.81. The third-order valence-corrected chi connectivity index (χ3v) is 3.53. The van der Waals surface area contributed by atoms with Crippen LogP contribution < -0.4 is 4.73 Å². The number of furan rings is 1. The summed E-state index contributed by atoms with van der Waals surface area (Å²) in [4.78, 5) is 0.